The Balaban J connectivity index is 1.47. The number of benzene rings is 1. The number of hydrogen-bond donors (Lipinski definition) is 3. The number of aliphatic hydroxyl groups excluding tert-OH is 1. The summed E-state index contributed by atoms with van der Waals surface area (Å²) < 4.78 is 0. The highest BCUT2D eigenvalue weighted by atomic mass is 35.5. The summed E-state index contributed by atoms with van der Waals surface area (Å²) in [5.74, 6) is 1.16. The molecule has 4 rings (SSSR count). The number of carbonyl (C=O) groups is 3. The highest BCUT2D eigenvalue weighted by Gasteiger charge is 2.31. The van der Waals surface area contributed by atoms with Crippen LogP contribution in [-0.2, 0) is 16.0 Å². The number of aliphatic hydroxyl groups is 1. The van der Waals surface area contributed by atoms with Gasteiger partial charge < -0.3 is 19.9 Å². The smallest absolute Gasteiger partial charge is 0.279 e. The molecule has 1 saturated heterocycles. The Kier molecular flexibility index (Phi) is 7.88. The van der Waals surface area contributed by atoms with Gasteiger partial charge in [0.05, 0.1) is 17.6 Å². The standard InChI is InChI=1S/C26H26ClN5O4/c1-17(33)31-9-11-32(12-10-31)26(36)24(34)19(13-18-5-3-2-4-6-18)7-8-28-25(35)21-14-20-15-23(27)29-16-22(20)30-21/h2-6,14-16,19,24,30,34H,9-13H2,1H3,(H,28,35)/t19?,24-/m1/s1. The molecule has 36 heavy (non-hydrogen) atoms. The fourth-order valence-corrected chi connectivity index (χ4v) is 4.26. The van der Waals surface area contributed by atoms with E-state index in [0.29, 0.717) is 43.3 Å². The fraction of sp³-hybridized carbons (Fsp3) is 0.308. The van der Waals surface area contributed by atoms with E-state index in [1.807, 2.05) is 30.3 Å². The number of nitrogens with zero attached hydrogens (tertiary/aromatic N) is 3. The number of amides is 3. The minimum absolute atomic E-state index is 0.0412. The zero-order valence-corrected chi connectivity index (χ0v) is 20.5. The summed E-state index contributed by atoms with van der Waals surface area (Å²) in [6.07, 6.45) is 0.467. The van der Waals surface area contributed by atoms with Crippen LogP contribution in [-0.4, -0.2) is 74.9 Å². The first-order valence-corrected chi connectivity index (χ1v) is 11.9. The molecule has 1 aliphatic rings. The molecule has 3 aromatic rings. The molecule has 1 fully saturated rings. The Morgan fingerprint density at radius 2 is 1.83 bits per heavy atom. The SMILES string of the molecule is CC(=O)N1CCN(C(=O)[C@H](O)C(C#CNC(=O)c2cc3cc(Cl)ncc3[nH]2)Cc2ccccc2)CC1. The number of pyridine rings is 1. The van der Waals surface area contributed by atoms with Gasteiger partial charge in [-0.3, -0.25) is 19.7 Å². The van der Waals surface area contributed by atoms with Crippen LogP contribution in [0.25, 0.3) is 10.9 Å². The average Bonchev–Trinajstić information content (AvgIpc) is 3.31. The van der Waals surface area contributed by atoms with Crippen LogP contribution < -0.4 is 5.32 Å². The van der Waals surface area contributed by atoms with E-state index < -0.39 is 23.8 Å². The summed E-state index contributed by atoms with van der Waals surface area (Å²) in [5.41, 5.74) is 1.84. The highest BCUT2D eigenvalue weighted by Crippen LogP contribution is 2.18. The van der Waals surface area contributed by atoms with Gasteiger partial charge in [0.2, 0.25) is 5.91 Å². The maximum Gasteiger partial charge on any atom is 0.279 e. The molecule has 186 valence electrons. The van der Waals surface area contributed by atoms with Gasteiger partial charge in [0.25, 0.3) is 11.8 Å². The highest BCUT2D eigenvalue weighted by molar-refractivity contribution is 6.30. The minimum atomic E-state index is -1.39. The van der Waals surface area contributed by atoms with Crippen molar-refractivity contribution in [3.05, 3.63) is 65.1 Å². The normalized spacial score (nSPS) is 15.1. The minimum Gasteiger partial charge on any atom is -0.382 e. The van der Waals surface area contributed by atoms with E-state index >= 15 is 0 Å². The second-order valence-electron chi connectivity index (χ2n) is 8.57. The van der Waals surface area contributed by atoms with Crippen LogP contribution in [0.4, 0.5) is 0 Å². The van der Waals surface area contributed by atoms with Crippen LogP contribution in [0.3, 0.4) is 0 Å². The number of halogens is 1. The Bertz CT molecular complexity index is 1320. The number of hydrogen-bond acceptors (Lipinski definition) is 5. The summed E-state index contributed by atoms with van der Waals surface area (Å²) in [5, 5.41) is 14.5. The average molecular weight is 508 g/mol. The summed E-state index contributed by atoms with van der Waals surface area (Å²) in [4.78, 5) is 47.4. The van der Waals surface area contributed by atoms with Crippen LogP contribution in [0.2, 0.25) is 5.15 Å². The van der Waals surface area contributed by atoms with Crippen LogP contribution in [0.1, 0.15) is 23.0 Å². The molecule has 0 radical (unpaired) electrons. The third kappa shape index (κ3) is 6.03. The van der Waals surface area contributed by atoms with Gasteiger partial charge in [-0.1, -0.05) is 47.9 Å². The van der Waals surface area contributed by atoms with Crippen molar-refractivity contribution in [3.8, 4) is 12.0 Å². The molecule has 3 N–H and O–H groups in total. The lowest BCUT2D eigenvalue weighted by Crippen LogP contribution is -2.53. The second kappa shape index (κ2) is 11.2. The lowest BCUT2D eigenvalue weighted by molar-refractivity contribution is -0.146. The van der Waals surface area contributed by atoms with Crippen molar-refractivity contribution in [2.24, 2.45) is 5.92 Å². The molecule has 2 atom stereocenters. The van der Waals surface area contributed by atoms with E-state index in [4.69, 9.17) is 11.6 Å². The van der Waals surface area contributed by atoms with E-state index in [9.17, 15) is 19.5 Å². The molecule has 0 saturated carbocycles. The predicted octanol–water partition coefficient (Wildman–Crippen LogP) is 1.82. The number of piperazine rings is 1. The fourth-order valence-electron chi connectivity index (χ4n) is 4.09. The Morgan fingerprint density at radius 1 is 1.14 bits per heavy atom. The van der Waals surface area contributed by atoms with Crippen molar-refractivity contribution in [2.75, 3.05) is 26.2 Å². The molecule has 0 spiro atoms. The van der Waals surface area contributed by atoms with Gasteiger partial charge in [-0.25, -0.2) is 4.98 Å². The number of rotatable bonds is 5. The molecule has 3 amide bonds. The van der Waals surface area contributed by atoms with Gasteiger partial charge in [0.15, 0.2) is 0 Å². The third-order valence-corrected chi connectivity index (χ3v) is 6.33. The lowest BCUT2D eigenvalue weighted by Gasteiger charge is -2.35. The van der Waals surface area contributed by atoms with Gasteiger partial charge in [0.1, 0.15) is 17.0 Å². The van der Waals surface area contributed by atoms with Crippen molar-refractivity contribution >= 4 is 40.2 Å². The zero-order chi connectivity index (χ0) is 25.7. The van der Waals surface area contributed by atoms with Gasteiger partial charge in [-0.15, -0.1) is 0 Å². The van der Waals surface area contributed by atoms with Gasteiger partial charge in [0, 0.05) is 44.5 Å². The van der Waals surface area contributed by atoms with Gasteiger partial charge >= 0.3 is 0 Å². The molecule has 3 heterocycles. The summed E-state index contributed by atoms with van der Waals surface area (Å²) in [6.45, 7) is 3.02. The van der Waals surface area contributed by atoms with E-state index in [0.717, 1.165) is 10.9 Å². The number of fused-ring (bicyclic) bond motifs is 1. The molecular weight excluding hydrogens is 482 g/mol. The molecule has 9 nitrogen and oxygen atoms in total. The van der Waals surface area contributed by atoms with Crippen molar-refractivity contribution in [3.63, 3.8) is 0 Å². The zero-order valence-electron chi connectivity index (χ0n) is 19.7. The van der Waals surface area contributed by atoms with E-state index in [1.54, 1.807) is 21.9 Å². The first-order valence-electron chi connectivity index (χ1n) is 11.5. The number of aromatic amines is 1. The number of carbonyl (C=O) groups excluding carboxylic acids is 3. The van der Waals surface area contributed by atoms with Gasteiger partial charge in [-0.2, -0.15) is 0 Å². The van der Waals surface area contributed by atoms with Crippen molar-refractivity contribution in [1.82, 2.24) is 25.1 Å². The van der Waals surface area contributed by atoms with E-state index in [2.05, 4.69) is 27.2 Å². The Hall–Kier alpha value is -3.87. The van der Waals surface area contributed by atoms with Crippen LogP contribution in [0, 0.1) is 17.9 Å². The summed E-state index contributed by atoms with van der Waals surface area (Å²) in [6, 6.07) is 15.3. The monoisotopic (exact) mass is 507 g/mol. The molecule has 1 aliphatic heterocycles. The first kappa shape index (κ1) is 25.2. The molecule has 10 heteroatoms. The quantitative estimate of drug-likeness (QED) is 0.276. The van der Waals surface area contributed by atoms with Crippen molar-refractivity contribution in [1.29, 1.82) is 0 Å². The maximum atomic E-state index is 13.0. The number of nitrogens with one attached hydrogen (secondary N) is 2. The summed E-state index contributed by atoms with van der Waals surface area (Å²) in [7, 11) is 0. The number of H-pyrrole nitrogens is 1. The Labute approximate surface area is 213 Å². The topological polar surface area (TPSA) is 119 Å². The van der Waals surface area contributed by atoms with E-state index in [1.165, 1.54) is 13.1 Å². The molecule has 0 aliphatic carbocycles. The van der Waals surface area contributed by atoms with Crippen LogP contribution in [0.5, 0.6) is 0 Å². The van der Waals surface area contributed by atoms with Crippen LogP contribution >= 0.6 is 11.6 Å². The largest absolute Gasteiger partial charge is 0.382 e. The second-order valence-corrected chi connectivity index (χ2v) is 8.96. The van der Waals surface area contributed by atoms with Gasteiger partial charge in [-0.05, 0) is 24.1 Å². The molecule has 2 aromatic heterocycles. The molecule has 1 aromatic carbocycles. The maximum absolute atomic E-state index is 13.0. The first-order chi connectivity index (χ1) is 17.3. The Morgan fingerprint density at radius 3 is 2.53 bits per heavy atom. The summed E-state index contributed by atoms with van der Waals surface area (Å²) >= 11 is 5.90. The predicted molar refractivity (Wildman–Crippen MR) is 135 cm³/mol. The third-order valence-electron chi connectivity index (χ3n) is 6.12. The molecular formula is C26H26ClN5O4. The molecule has 1 unspecified atom stereocenters. The van der Waals surface area contributed by atoms with Crippen molar-refractivity contribution < 1.29 is 19.5 Å². The van der Waals surface area contributed by atoms with Crippen molar-refractivity contribution in [2.45, 2.75) is 19.4 Å². The molecule has 0 bridgehead atoms. The van der Waals surface area contributed by atoms with E-state index in [-0.39, 0.29) is 11.6 Å². The number of aromatic nitrogens is 2. The lowest BCUT2D eigenvalue weighted by atomic mass is 9.93. The van der Waals surface area contributed by atoms with Crippen LogP contribution in [0.15, 0.2) is 48.7 Å².